The van der Waals surface area contributed by atoms with Crippen LogP contribution in [-0.2, 0) is 13.1 Å². The highest BCUT2D eigenvalue weighted by Crippen LogP contribution is 2.38. The number of fused-ring (bicyclic) bond motifs is 1. The van der Waals surface area contributed by atoms with E-state index in [9.17, 15) is 4.79 Å². The first-order valence-corrected chi connectivity index (χ1v) is 9.11. The van der Waals surface area contributed by atoms with Crippen LogP contribution in [0.15, 0.2) is 48.7 Å². The van der Waals surface area contributed by atoms with Gasteiger partial charge in [0.2, 0.25) is 11.4 Å². The summed E-state index contributed by atoms with van der Waals surface area (Å²) in [6, 6.07) is 13.5. The van der Waals surface area contributed by atoms with Crippen molar-refractivity contribution >= 4 is 16.7 Å². The number of methoxy groups -OCH3 is 3. The first kappa shape index (κ1) is 22.5. The SMILES string of the molecule is CC[n+]1ccc2ccccc2c1CNC(=O)c1cc(OC)c(OC)c(OC)c1.[Br-]. The summed E-state index contributed by atoms with van der Waals surface area (Å²) in [7, 11) is 4.59. The van der Waals surface area contributed by atoms with Crippen LogP contribution >= 0.6 is 0 Å². The van der Waals surface area contributed by atoms with Crippen LogP contribution in [0.5, 0.6) is 17.2 Å². The molecule has 6 nitrogen and oxygen atoms in total. The Balaban J connectivity index is 0.00000300. The number of aromatic nitrogens is 1. The number of nitrogens with one attached hydrogen (secondary N) is 1. The number of carbonyl (C=O) groups is 1. The van der Waals surface area contributed by atoms with Gasteiger partial charge in [-0.05, 0) is 30.5 Å². The minimum Gasteiger partial charge on any atom is -1.00 e. The van der Waals surface area contributed by atoms with Crippen molar-refractivity contribution in [3.8, 4) is 17.2 Å². The Morgan fingerprint density at radius 1 is 1.00 bits per heavy atom. The van der Waals surface area contributed by atoms with E-state index in [4.69, 9.17) is 14.2 Å². The topological polar surface area (TPSA) is 60.7 Å². The number of benzene rings is 2. The number of ether oxygens (including phenoxy) is 3. The Kier molecular flexibility index (Phi) is 7.84. The molecule has 0 saturated heterocycles. The van der Waals surface area contributed by atoms with Gasteiger partial charge < -0.3 is 36.5 Å². The van der Waals surface area contributed by atoms with Crippen molar-refractivity contribution in [1.29, 1.82) is 0 Å². The number of aryl methyl sites for hydroxylation is 1. The van der Waals surface area contributed by atoms with Crippen molar-refractivity contribution < 1.29 is 40.6 Å². The first-order chi connectivity index (χ1) is 13.6. The molecule has 0 radical (unpaired) electrons. The zero-order chi connectivity index (χ0) is 20.1. The number of hydrogen-bond acceptors (Lipinski definition) is 4. The van der Waals surface area contributed by atoms with Gasteiger partial charge in [-0.15, -0.1) is 0 Å². The summed E-state index contributed by atoms with van der Waals surface area (Å²) in [6.07, 6.45) is 2.04. The second-order valence-corrected chi connectivity index (χ2v) is 6.23. The molecular formula is C22H25BrN2O4. The molecule has 1 amide bonds. The standard InChI is InChI=1S/C22H24N2O4.BrH/c1-5-24-11-10-15-8-6-7-9-17(15)18(24)14-23-22(25)16-12-19(26-2)21(28-4)20(13-16)27-3;/h6-13H,5,14H2,1-4H3;1H. The lowest BCUT2D eigenvalue weighted by atomic mass is 10.1. The monoisotopic (exact) mass is 460 g/mol. The fourth-order valence-electron chi connectivity index (χ4n) is 3.29. The smallest absolute Gasteiger partial charge is 0.252 e. The van der Waals surface area contributed by atoms with Crippen molar-refractivity contribution in [3.63, 3.8) is 0 Å². The van der Waals surface area contributed by atoms with Crippen LogP contribution in [-0.4, -0.2) is 27.2 Å². The van der Waals surface area contributed by atoms with E-state index in [-0.39, 0.29) is 22.9 Å². The van der Waals surface area contributed by atoms with Crippen molar-refractivity contribution in [2.24, 2.45) is 0 Å². The average molecular weight is 461 g/mol. The number of carbonyl (C=O) groups excluding carboxylic acids is 1. The van der Waals surface area contributed by atoms with Gasteiger partial charge in [0.1, 0.15) is 13.1 Å². The van der Waals surface area contributed by atoms with Gasteiger partial charge in [-0.3, -0.25) is 4.79 Å². The molecule has 1 N–H and O–H groups in total. The highest BCUT2D eigenvalue weighted by molar-refractivity contribution is 5.96. The van der Waals surface area contributed by atoms with E-state index < -0.39 is 0 Å². The second-order valence-electron chi connectivity index (χ2n) is 6.23. The third kappa shape index (κ3) is 4.62. The second kappa shape index (κ2) is 10.1. The molecule has 0 unspecified atom stereocenters. The van der Waals surface area contributed by atoms with Crippen LogP contribution in [0.4, 0.5) is 0 Å². The van der Waals surface area contributed by atoms with Crippen LogP contribution in [0.1, 0.15) is 23.0 Å². The number of hydrogen-bond donors (Lipinski definition) is 1. The lowest BCUT2D eigenvalue weighted by Gasteiger charge is -2.14. The molecule has 2 aromatic carbocycles. The third-order valence-electron chi connectivity index (χ3n) is 4.74. The van der Waals surface area contributed by atoms with Gasteiger partial charge >= 0.3 is 0 Å². The Bertz CT molecular complexity index is 982. The highest BCUT2D eigenvalue weighted by atomic mass is 79.9. The number of halogens is 1. The summed E-state index contributed by atoms with van der Waals surface area (Å²) in [5.74, 6) is 1.14. The maximum absolute atomic E-state index is 12.8. The minimum atomic E-state index is -0.213. The Hall–Kier alpha value is -2.80. The van der Waals surface area contributed by atoms with E-state index in [2.05, 4.69) is 35.0 Å². The molecule has 3 rings (SSSR count). The lowest BCUT2D eigenvalue weighted by molar-refractivity contribution is -0.699. The average Bonchev–Trinajstić information content (AvgIpc) is 2.75. The molecule has 0 bridgehead atoms. The van der Waals surface area contributed by atoms with E-state index in [1.165, 1.54) is 21.3 Å². The predicted molar refractivity (Wildman–Crippen MR) is 107 cm³/mol. The van der Waals surface area contributed by atoms with E-state index >= 15 is 0 Å². The van der Waals surface area contributed by atoms with Gasteiger partial charge in [0, 0.05) is 11.6 Å². The van der Waals surface area contributed by atoms with E-state index in [1.807, 2.05) is 18.3 Å². The Labute approximate surface area is 181 Å². The molecule has 29 heavy (non-hydrogen) atoms. The minimum absolute atomic E-state index is 0. The number of pyridine rings is 1. The molecule has 1 aromatic heterocycles. The highest BCUT2D eigenvalue weighted by Gasteiger charge is 2.19. The molecule has 0 aliphatic carbocycles. The van der Waals surface area contributed by atoms with Crippen LogP contribution in [0.2, 0.25) is 0 Å². The summed E-state index contributed by atoms with van der Waals surface area (Å²) in [5, 5.41) is 5.28. The molecule has 3 aromatic rings. The molecule has 0 atom stereocenters. The molecule has 0 aliphatic heterocycles. The zero-order valence-electron chi connectivity index (χ0n) is 17.0. The number of nitrogens with zero attached hydrogens (tertiary/aromatic N) is 1. The molecule has 7 heteroatoms. The van der Waals surface area contributed by atoms with Crippen LogP contribution in [0.3, 0.4) is 0 Å². The summed E-state index contributed by atoms with van der Waals surface area (Å²) in [4.78, 5) is 12.8. The molecule has 0 aliphatic rings. The fourth-order valence-corrected chi connectivity index (χ4v) is 3.29. The summed E-state index contributed by atoms with van der Waals surface area (Å²) in [6.45, 7) is 3.31. The van der Waals surface area contributed by atoms with Gasteiger partial charge in [0.15, 0.2) is 17.7 Å². The summed E-state index contributed by atoms with van der Waals surface area (Å²) < 4.78 is 18.1. The number of amides is 1. The quantitative estimate of drug-likeness (QED) is 0.508. The zero-order valence-corrected chi connectivity index (χ0v) is 18.6. The lowest BCUT2D eigenvalue weighted by Crippen LogP contribution is -3.00. The van der Waals surface area contributed by atoms with Crippen molar-refractivity contribution in [1.82, 2.24) is 5.32 Å². The normalized spacial score (nSPS) is 10.2. The number of rotatable bonds is 7. The van der Waals surface area contributed by atoms with Crippen molar-refractivity contribution in [2.45, 2.75) is 20.0 Å². The van der Waals surface area contributed by atoms with Gasteiger partial charge in [0.05, 0.1) is 26.7 Å². The Morgan fingerprint density at radius 2 is 1.66 bits per heavy atom. The maximum Gasteiger partial charge on any atom is 0.252 e. The Morgan fingerprint density at radius 3 is 2.24 bits per heavy atom. The van der Waals surface area contributed by atoms with Crippen molar-refractivity contribution in [3.05, 3.63) is 59.9 Å². The van der Waals surface area contributed by atoms with E-state index in [0.29, 0.717) is 29.4 Å². The molecule has 0 spiro atoms. The van der Waals surface area contributed by atoms with Crippen molar-refractivity contribution in [2.75, 3.05) is 21.3 Å². The predicted octanol–water partition coefficient (Wildman–Crippen LogP) is 0.107. The van der Waals surface area contributed by atoms with E-state index in [0.717, 1.165) is 23.0 Å². The van der Waals surface area contributed by atoms with Crippen LogP contribution < -0.4 is 41.1 Å². The first-order valence-electron chi connectivity index (χ1n) is 9.11. The molecule has 0 saturated carbocycles. The third-order valence-corrected chi connectivity index (χ3v) is 4.74. The summed E-state index contributed by atoms with van der Waals surface area (Å²) >= 11 is 0. The van der Waals surface area contributed by atoms with Gasteiger partial charge in [0.25, 0.3) is 5.91 Å². The fraction of sp³-hybridized carbons (Fsp3) is 0.273. The molecule has 1 heterocycles. The van der Waals surface area contributed by atoms with Crippen LogP contribution in [0, 0.1) is 0 Å². The largest absolute Gasteiger partial charge is 1.00 e. The molecule has 0 fully saturated rings. The summed E-state index contributed by atoms with van der Waals surface area (Å²) in [5.41, 5.74) is 1.50. The van der Waals surface area contributed by atoms with Crippen LogP contribution in [0.25, 0.3) is 10.8 Å². The molecule has 154 valence electrons. The molecular weight excluding hydrogens is 436 g/mol. The van der Waals surface area contributed by atoms with E-state index in [1.54, 1.807) is 12.1 Å². The maximum atomic E-state index is 12.8. The van der Waals surface area contributed by atoms with Gasteiger partial charge in [-0.2, -0.15) is 0 Å². The van der Waals surface area contributed by atoms with Gasteiger partial charge in [-0.25, -0.2) is 4.57 Å². The van der Waals surface area contributed by atoms with Gasteiger partial charge in [-0.1, -0.05) is 18.2 Å².